The minimum absolute atomic E-state index is 0.297. The Morgan fingerprint density at radius 3 is 2.02 bits per heavy atom. The van der Waals surface area contributed by atoms with Crippen LogP contribution < -0.4 is 10.6 Å². The maximum atomic E-state index is 12.6. The van der Waals surface area contributed by atoms with Crippen molar-refractivity contribution < 1.29 is 19.0 Å². The van der Waals surface area contributed by atoms with E-state index < -0.39 is 5.60 Å². The van der Waals surface area contributed by atoms with E-state index >= 15 is 0 Å². The molecular weight excluding hydrogens is 690 g/mol. The van der Waals surface area contributed by atoms with Crippen molar-refractivity contribution >= 4 is 57.6 Å². The lowest BCUT2D eigenvalue weighted by Gasteiger charge is -2.30. The highest BCUT2D eigenvalue weighted by molar-refractivity contribution is 6.30. The third-order valence-corrected chi connectivity index (χ3v) is 8.74. The van der Waals surface area contributed by atoms with Gasteiger partial charge in [-0.05, 0) is 50.5 Å². The fraction of sp³-hybridized carbons (Fsp3) is 0.382. The van der Waals surface area contributed by atoms with Crippen LogP contribution in [0.2, 0.25) is 5.02 Å². The number of carbonyl (C=O) groups excluding carboxylic acids is 1. The lowest BCUT2D eigenvalue weighted by Crippen LogP contribution is -2.39. The number of anilines is 4. The van der Waals surface area contributed by atoms with Gasteiger partial charge in [-0.1, -0.05) is 17.7 Å². The Kier molecular flexibility index (Phi) is 8.98. The molecule has 18 heteroatoms. The number of halogens is 1. The lowest BCUT2D eigenvalue weighted by molar-refractivity contribution is 0.0273. The maximum Gasteiger partial charge on any atom is 0.410 e. The van der Waals surface area contributed by atoms with Crippen molar-refractivity contribution in [3.8, 4) is 0 Å². The molecule has 0 unspecified atom stereocenters. The Labute approximate surface area is 303 Å². The molecule has 6 aromatic rings. The van der Waals surface area contributed by atoms with Crippen molar-refractivity contribution in [2.45, 2.75) is 59.1 Å². The van der Waals surface area contributed by atoms with Crippen molar-refractivity contribution in [1.82, 2.24) is 53.7 Å². The standard InChI is InChI=1S/C22H27N7O3.C12H11ClN6O/c1-22(2,3)32-21(30)27-6-4-5-15(11-27)16-9-18(20-23-14-24-29(20)12-16)25-19-10-17-13-31-8-7-28(17)26-19;13-8-3-10(12-14-7-15-19(12)5-8)16-11-4-9-6-20-2-1-18(9)17-11/h5,9-10,12,14H,4,6-8,11,13H2,1-3H3,(H,25,26);3-5,7H,1-2,6H2,(H,16,17). The van der Waals surface area contributed by atoms with Gasteiger partial charge in [0.05, 0.1) is 67.3 Å². The van der Waals surface area contributed by atoms with Crippen LogP contribution in [-0.2, 0) is 40.5 Å². The van der Waals surface area contributed by atoms with Gasteiger partial charge in [0.2, 0.25) is 0 Å². The summed E-state index contributed by atoms with van der Waals surface area (Å²) in [7, 11) is 0. The summed E-state index contributed by atoms with van der Waals surface area (Å²) in [6, 6.07) is 7.79. The molecule has 0 aromatic carbocycles. The third kappa shape index (κ3) is 7.28. The van der Waals surface area contributed by atoms with Crippen molar-refractivity contribution in [2.24, 2.45) is 0 Å². The van der Waals surface area contributed by atoms with Crippen LogP contribution in [-0.4, -0.2) is 91.7 Å². The van der Waals surface area contributed by atoms with E-state index in [4.69, 9.17) is 25.8 Å². The molecule has 9 rings (SSSR count). The van der Waals surface area contributed by atoms with Crippen LogP contribution in [0.3, 0.4) is 0 Å². The van der Waals surface area contributed by atoms with E-state index in [-0.39, 0.29) is 6.09 Å². The first kappa shape index (κ1) is 33.6. The van der Waals surface area contributed by atoms with Crippen LogP contribution in [0.5, 0.6) is 0 Å². The first-order chi connectivity index (χ1) is 25.1. The van der Waals surface area contributed by atoms with Gasteiger partial charge in [0.1, 0.15) is 18.3 Å². The molecule has 270 valence electrons. The Bertz CT molecular complexity index is 2230. The second-order valence-corrected chi connectivity index (χ2v) is 14.0. The summed E-state index contributed by atoms with van der Waals surface area (Å²) in [4.78, 5) is 22.9. The van der Waals surface area contributed by atoms with E-state index in [1.165, 1.54) is 12.7 Å². The van der Waals surface area contributed by atoms with Gasteiger partial charge in [0.25, 0.3) is 0 Å². The molecule has 2 N–H and O–H groups in total. The fourth-order valence-corrected chi connectivity index (χ4v) is 6.40. The summed E-state index contributed by atoms with van der Waals surface area (Å²) in [6.07, 6.45) is 9.29. The molecule has 9 heterocycles. The average Bonchev–Trinajstić information content (AvgIpc) is 3.93. The van der Waals surface area contributed by atoms with Crippen molar-refractivity contribution in [3.05, 3.63) is 77.4 Å². The van der Waals surface area contributed by atoms with E-state index in [9.17, 15) is 4.79 Å². The van der Waals surface area contributed by atoms with Gasteiger partial charge in [0, 0.05) is 37.6 Å². The number of amides is 1. The van der Waals surface area contributed by atoms with Crippen LogP contribution in [0, 0.1) is 0 Å². The molecule has 0 spiro atoms. The number of fused-ring (bicyclic) bond motifs is 4. The highest BCUT2D eigenvalue weighted by Gasteiger charge is 2.25. The minimum atomic E-state index is -0.524. The molecule has 0 atom stereocenters. The SMILES string of the molecule is CC(C)(C)OC(=O)N1CCC=C(c2cc(Nc3cc4n(n3)CCOC4)c3ncnn3c2)C1.Clc1cc(Nc2cc3n(n2)CCOC3)c2ncnn2c1. The van der Waals surface area contributed by atoms with Crippen molar-refractivity contribution in [2.75, 3.05) is 36.9 Å². The van der Waals surface area contributed by atoms with Crippen LogP contribution in [0.1, 0.15) is 44.1 Å². The molecule has 0 aliphatic carbocycles. The molecule has 0 bridgehead atoms. The number of nitrogens with one attached hydrogen (secondary N) is 2. The third-order valence-electron chi connectivity index (χ3n) is 8.54. The minimum Gasteiger partial charge on any atom is -0.444 e. The molecule has 0 fully saturated rings. The Hall–Kier alpha value is -5.52. The van der Waals surface area contributed by atoms with Crippen molar-refractivity contribution in [3.63, 3.8) is 0 Å². The number of ether oxygens (including phenoxy) is 3. The highest BCUT2D eigenvalue weighted by Crippen LogP contribution is 2.29. The Morgan fingerprint density at radius 2 is 1.42 bits per heavy atom. The summed E-state index contributed by atoms with van der Waals surface area (Å²) in [6.45, 7) is 10.8. The van der Waals surface area contributed by atoms with E-state index in [0.717, 1.165) is 65.0 Å². The second-order valence-electron chi connectivity index (χ2n) is 13.5. The number of carbonyl (C=O) groups is 1. The molecule has 3 aliphatic heterocycles. The molecule has 0 radical (unpaired) electrons. The first-order valence-electron chi connectivity index (χ1n) is 17.0. The van der Waals surface area contributed by atoms with E-state index in [2.05, 4.69) is 47.1 Å². The monoisotopic (exact) mass is 727 g/mol. The average molecular weight is 728 g/mol. The zero-order valence-electron chi connectivity index (χ0n) is 29.0. The highest BCUT2D eigenvalue weighted by atomic mass is 35.5. The van der Waals surface area contributed by atoms with Gasteiger partial charge in [-0.2, -0.15) is 20.4 Å². The topological polar surface area (TPSA) is 168 Å². The van der Waals surface area contributed by atoms with Crippen LogP contribution in [0.4, 0.5) is 27.8 Å². The maximum absolute atomic E-state index is 12.6. The predicted molar refractivity (Wildman–Crippen MR) is 192 cm³/mol. The van der Waals surface area contributed by atoms with Gasteiger partial charge in [-0.3, -0.25) is 9.36 Å². The van der Waals surface area contributed by atoms with Crippen molar-refractivity contribution in [1.29, 1.82) is 0 Å². The van der Waals surface area contributed by atoms with Gasteiger partial charge in [-0.15, -0.1) is 0 Å². The fourth-order valence-electron chi connectivity index (χ4n) is 6.20. The number of aromatic nitrogens is 10. The summed E-state index contributed by atoms with van der Waals surface area (Å²) in [5.74, 6) is 1.48. The summed E-state index contributed by atoms with van der Waals surface area (Å²) in [5.41, 5.74) is 6.55. The second kappa shape index (κ2) is 13.9. The first-order valence-corrected chi connectivity index (χ1v) is 17.4. The normalized spacial score (nSPS) is 15.8. The summed E-state index contributed by atoms with van der Waals surface area (Å²) < 4.78 is 23.7. The zero-order valence-corrected chi connectivity index (χ0v) is 29.7. The summed E-state index contributed by atoms with van der Waals surface area (Å²) >= 11 is 6.07. The number of rotatable bonds is 5. The largest absolute Gasteiger partial charge is 0.444 e. The smallest absolute Gasteiger partial charge is 0.410 e. The van der Waals surface area contributed by atoms with Gasteiger partial charge in [-0.25, -0.2) is 23.8 Å². The van der Waals surface area contributed by atoms with Crippen LogP contribution in [0.15, 0.2) is 55.4 Å². The molecule has 17 nitrogen and oxygen atoms in total. The Balaban J connectivity index is 0.000000165. The quantitative estimate of drug-likeness (QED) is 0.242. The van der Waals surface area contributed by atoms with Gasteiger partial charge < -0.3 is 29.7 Å². The number of pyridine rings is 2. The predicted octanol–water partition coefficient (Wildman–Crippen LogP) is 5.08. The lowest BCUT2D eigenvalue weighted by atomic mass is 10.0. The Morgan fingerprint density at radius 1 is 0.827 bits per heavy atom. The number of nitrogens with zero attached hydrogens (tertiary/aromatic N) is 11. The molecule has 3 aliphatic rings. The zero-order chi connectivity index (χ0) is 35.8. The van der Waals surface area contributed by atoms with E-state index in [1.54, 1.807) is 26.2 Å². The summed E-state index contributed by atoms with van der Waals surface area (Å²) in [5, 5.41) is 24.7. The van der Waals surface area contributed by atoms with Crippen LogP contribution in [0.25, 0.3) is 16.9 Å². The number of hydrogen-bond donors (Lipinski definition) is 2. The van der Waals surface area contributed by atoms with E-state index in [1.807, 2.05) is 54.5 Å². The molecule has 6 aromatic heterocycles. The molecule has 52 heavy (non-hydrogen) atoms. The number of hydrogen-bond acceptors (Lipinski definition) is 12. The molecular formula is C34H38ClN13O4. The van der Waals surface area contributed by atoms with Gasteiger partial charge in [0.15, 0.2) is 22.9 Å². The molecule has 1 amide bonds. The molecule has 0 saturated heterocycles. The van der Waals surface area contributed by atoms with Crippen LogP contribution >= 0.6 is 11.6 Å². The van der Waals surface area contributed by atoms with Gasteiger partial charge >= 0.3 is 6.09 Å². The molecule has 0 saturated carbocycles. The van der Waals surface area contributed by atoms with E-state index in [0.29, 0.717) is 55.8 Å².